The van der Waals surface area contributed by atoms with E-state index in [-0.39, 0.29) is 5.88 Å². The third-order valence-electron chi connectivity index (χ3n) is 1.68. The molecule has 1 nitrogen and oxygen atoms in total. The van der Waals surface area contributed by atoms with Crippen LogP contribution in [0.5, 0.6) is 0 Å². The van der Waals surface area contributed by atoms with Crippen molar-refractivity contribution in [1.29, 1.82) is 0 Å². The molecule has 0 amide bonds. The van der Waals surface area contributed by atoms with E-state index < -0.39 is 23.9 Å². The van der Waals surface area contributed by atoms with Gasteiger partial charge in [0.1, 0.15) is 0 Å². The SMILES string of the molecule is OCC(Cl)(Cl)C(Cl)(Cl)C(Cl)(Cl)C(Cl)(Cl)CCl. The number of hydrogen-bond acceptors (Lipinski definition) is 1. The summed E-state index contributed by atoms with van der Waals surface area (Å²) in [6, 6.07) is 0. The Hall–Kier alpha value is 2.57. The quantitative estimate of drug-likeness (QED) is 0.637. The van der Waals surface area contributed by atoms with Crippen LogP contribution in [-0.2, 0) is 0 Å². The fraction of sp³-hybridized carbons (Fsp3) is 1.00. The zero-order chi connectivity index (χ0) is 13.4. The molecule has 0 aromatic heterocycles. The normalized spacial score (nSPS) is 15.4. The number of rotatable bonds is 5. The van der Waals surface area contributed by atoms with Gasteiger partial charge in [0.2, 0.25) is 0 Å². The molecule has 1 N–H and O–H groups in total. The van der Waals surface area contributed by atoms with Crippen LogP contribution < -0.4 is 0 Å². The van der Waals surface area contributed by atoms with Gasteiger partial charge in [0, 0.05) is 0 Å². The third kappa shape index (κ3) is 3.17. The Morgan fingerprint density at radius 3 is 1.25 bits per heavy atom. The first-order chi connectivity index (χ1) is 6.87. The summed E-state index contributed by atoms with van der Waals surface area (Å²) in [5.74, 6) is -0.389. The van der Waals surface area contributed by atoms with E-state index in [4.69, 9.17) is 110 Å². The molecule has 0 heterocycles. The molecule has 16 heavy (non-hydrogen) atoms. The molecule has 0 saturated heterocycles. The van der Waals surface area contributed by atoms with Crippen LogP contribution in [0.1, 0.15) is 0 Å². The summed E-state index contributed by atoms with van der Waals surface area (Å²) < 4.78 is -8.49. The molecule has 0 saturated carbocycles. The number of aliphatic hydroxyl groups is 1. The average Bonchev–Trinajstić information content (AvgIpc) is 2.16. The lowest BCUT2D eigenvalue weighted by Gasteiger charge is -2.44. The lowest BCUT2D eigenvalue weighted by Crippen LogP contribution is -2.59. The van der Waals surface area contributed by atoms with Crippen LogP contribution in [0.25, 0.3) is 0 Å². The Kier molecular flexibility index (Phi) is 6.86. The van der Waals surface area contributed by atoms with E-state index in [1.165, 1.54) is 0 Å². The Bertz CT molecular complexity index is 222. The molecule has 0 radical (unpaired) electrons. The summed E-state index contributed by atoms with van der Waals surface area (Å²) in [5.41, 5.74) is 0. The monoisotopic (exact) mass is 408 g/mol. The smallest absolute Gasteiger partial charge is 0.188 e. The van der Waals surface area contributed by atoms with Crippen molar-refractivity contribution in [3.05, 3.63) is 0 Å². The van der Waals surface area contributed by atoms with Crippen molar-refractivity contribution >= 4 is 104 Å². The number of hydrogen-bond donors (Lipinski definition) is 1. The molecular formula is C6H5Cl9O. The van der Waals surface area contributed by atoms with Gasteiger partial charge in [-0.1, -0.05) is 92.8 Å². The summed E-state index contributed by atoms with van der Waals surface area (Å²) in [6.07, 6.45) is 0. The highest BCUT2D eigenvalue weighted by atomic mass is 35.6. The highest BCUT2D eigenvalue weighted by Crippen LogP contribution is 2.61. The average molecular weight is 412 g/mol. The van der Waals surface area contributed by atoms with Gasteiger partial charge in [-0.15, -0.1) is 11.6 Å². The summed E-state index contributed by atoms with van der Waals surface area (Å²) in [7, 11) is 0. The highest BCUT2D eigenvalue weighted by Gasteiger charge is 2.67. The van der Waals surface area contributed by atoms with Crippen molar-refractivity contribution in [2.24, 2.45) is 0 Å². The van der Waals surface area contributed by atoms with Gasteiger partial charge in [0.15, 0.2) is 17.3 Å². The van der Waals surface area contributed by atoms with E-state index in [2.05, 4.69) is 0 Å². The molecule has 0 aromatic carbocycles. The van der Waals surface area contributed by atoms with Gasteiger partial charge in [-0.25, -0.2) is 0 Å². The first kappa shape index (κ1) is 18.6. The molecular weight excluding hydrogens is 407 g/mol. The summed E-state index contributed by atoms with van der Waals surface area (Å²) in [6.45, 7) is -0.823. The van der Waals surface area contributed by atoms with Crippen molar-refractivity contribution in [2.45, 2.75) is 17.3 Å². The second-order valence-electron chi connectivity index (χ2n) is 2.85. The van der Waals surface area contributed by atoms with Crippen LogP contribution in [0.2, 0.25) is 0 Å². The lowest BCUT2D eigenvalue weighted by molar-refractivity contribution is 0.264. The molecule has 98 valence electrons. The van der Waals surface area contributed by atoms with Gasteiger partial charge >= 0.3 is 0 Å². The molecule has 10 heteroatoms. The molecule has 0 aliphatic heterocycles. The number of alkyl halides is 9. The van der Waals surface area contributed by atoms with Crippen LogP contribution in [0.4, 0.5) is 0 Å². The maximum atomic E-state index is 8.96. The van der Waals surface area contributed by atoms with Gasteiger partial charge in [-0.2, -0.15) is 0 Å². The maximum Gasteiger partial charge on any atom is 0.188 e. The fourth-order valence-corrected chi connectivity index (χ4v) is 2.83. The van der Waals surface area contributed by atoms with E-state index >= 15 is 0 Å². The zero-order valence-corrected chi connectivity index (χ0v) is 14.1. The molecule has 0 aliphatic carbocycles. The Labute approximate surface area is 138 Å². The molecule has 0 spiro atoms. The summed E-state index contributed by atoms with van der Waals surface area (Å²) >= 11 is 51.7. The molecule has 0 unspecified atom stereocenters. The van der Waals surface area contributed by atoms with E-state index in [1.807, 2.05) is 0 Å². The maximum absolute atomic E-state index is 8.96. The summed E-state index contributed by atoms with van der Waals surface area (Å²) in [4.78, 5) is 0. The topological polar surface area (TPSA) is 20.2 Å². The lowest BCUT2D eigenvalue weighted by atomic mass is 10.1. The minimum Gasteiger partial charge on any atom is -0.393 e. The van der Waals surface area contributed by atoms with Crippen molar-refractivity contribution < 1.29 is 5.11 Å². The Balaban J connectivity index is 5.46. The first-order valence-electron chi connectivity index (χ1n) is 3.55. The fourth-order valence-electron chi connectivity index (χ4n) is 0.643. The molecule has 0 aliphatic rings. The zero-order valence-electron chi connectivity index (χ0n) is 7.26. The predicted molar refractivity (Wildman–Crippen MR) is 75.6 cm³/mol. The van der Waals surface area contributed by atoms with Gasteiger partial charge in [-0.05, 0) is 0 Å². The standard InChI is InChI=1S/C6H5Cl9O/c7-1-3(8,9)5(12,13)6(14,15)4(10,11)2-16/h16H,1-2H2. The highest BCUT2D eigenvalue weighted by molar-refractivity contribution is 6.74. The van der Waals surface area contributed by atoms with Gasteiger partial charge in [-0.3, -0.25) is 0 Å². The summed E-state index contributed by atoms with van der Waals surface area (Å²) in [5, 5.41) is 8.96. The van der Waals surface area contributed by atoms with E-state index in [1.54, 1.807) is 0 Å². The second kappa shape index (κ2) is 5.91. The molecule has 0 atom stereocenters. The van der Waals surface area contributed by atoms with E-state index in [0.29, 0.717) is 0 Å². The van der Waals surface area contributed by atoms with Gasteiger partial charge in [0.25, 0.3) is 0 Å². The third-order valence-corrected chi connectivity index (χ3v) is 7.58. The number of aliphatic hydroxyl groups excluding tert-OH is 1. The van der Waals surface area contributed by atoms with Crippen LogP contribution in [0, 0.1) is 0 Å². The van der Waals surface area contributed by atoms with Crippen LogP contribution >= 0.6 is 104 Å². The Morgan fingerprint density at radius 2 is 1.00 bits per heavy atom. The van der Waals surface area contributed by atoms with Gasteiger partial charge in [0.05, 0.1) is 12.5 Å². The minimum atomic E-state index is -2.26. The van der Waals surface area contributed by atoms with Crippen LogP contribution in [0.15, 0.2) is 0 Å². The molecule has 0 aromatic rings. The molecule has 0 bridgehead atoms. The second-order valence-corrected chi connectivity index (χ2v) is 8.74. The van der Waals surface area contributed by atoms with Crippen molar-refractivity contribution in [3.63, 3.8) is 0 Å². The van der Waals surface area contributed by atoms with E-state index in [0.717, 1.165) is 0 Å². The van der Waals surface area contributed by atoms with Gasteiger partial charge < -0.3 is 5.11 Å². The van der Waals surface area contributed by atoms with Crippen molar-refractivity contribution in [2.75, 3.05) is 12.5 Å². The predicted octanol–water partition coefficient (Wildman–Crippen LogP) is 4.91. The number of halogens is 9. The van der Waals surface area contributed by atoms with Crippen molar-refractivity contribution in [1.82, 2.24) is 0 Å². The van der Waals surface area contributed by atoms with Crippen LogP contribution in [-0.4, -0.2) is 34.9 Å². The van der Waals surface area contributed by atoms with Crippen molar-refractivity contribution in [3.8, 4) is 0 Å². The first-order valence-corrected chi connectivity index (χ1v) is 7.11. The molecule has 0 fully saturated rings. The minimum absolute atomic E-state index is 0.389. The largest absolute Gasteiger partial charge is 0.393 e. The van der Waals surface area contributed by atoms with Crippen LogP contribution in [0.3, 0.4) is 0 Å². The molecule has 0 rings (SSSR count). The van der Waals surface area contributed by atoms with E-state index in [9.17, 15) is 0 Å². The Morgan fingerprint density at radius 1 is 0.688 bits per heavy atom.